The van der Waals surface area contributed by atoms with Gasteiger partial charge in [0.1, 0.15) is 23.9 Å². The smallest absolute Gasteiger partial charge is 0.138 e. The van der Waals surface area contributed by atoms with Gasteiger partial charge in [-0.3, -0.25) is 5.32 Å². The van der Waals surface area contributed by atoms with Crippen LogP contribution in [-0.4, -0.2) is 54.9 Å². The summed E-state index contributed by atoms with van der Waals surface area (Å²) in [4.78, 5) is 0. The molecule has 2 fully saturated rings. The van der Waals surface area contributed by atoms with E-state index in [1.807, 2.05) is 97.9 Å². The fraction of sp³-hybridized carbons (Fsp3) is 0.375. The van der Waals surface area contributed by atoms with E-state index in [-0.39, 0.29) is 24.4 Å². The molecule has 38 heavy (non-hydrogen) atoms. The molecule has 1 aliphatic carbocycles. The molecule has 6 nitrogen and oxygen atoms in total. The number of aliphatic hydroxyl groups excluding tert-OH is 1. The van der Waals surface area contributed by atoms with Gasteiger partial charge in [-0.1, -0.05) is 97.1 Å². The monoisotopic (exact) mass is 515 g/mol. The van der Waals surface area contributed by atoms with Crippen LogP contribution in [0.4, 0.5) is 0 Å². The number of hydrogen-bond donors (Lipinski definition) is 2. The van der Waals surface area contributed by atoms with Gasteiger partial charge in [0.05, 0.1) is 38.0 Å². The summed E-state index contributed by atoms with van der Waals surface area (Å²) in [5.74, 6) is 0. The van der Waals surface area contributed by atoms with Crippen LogP contribution >= 0.6 is 0 Å². The van der Waals surface area contributed by atoms with Gasteiger partial charge in [0.25, 0.3) is 0 Å². The second-order valence-electron chi connectivity index (χ2n) is 9.86. The minimum Gasteiger partial charge on any atom is -0.386 e. The fourth-order valence-corrected chi connectivity index (χ4v) is 5.64. The number of rotatable bonds is 14. The van der Waals surface area contributed by atoms with Crippen LogP contribution in [0.5, 0.6) is 0 Å². The molecule has 1 saturated heterocycles. The van der Waals surface area contributed by atoms with Crippen LogP contribution in [-0.2, 0) is 25.6 Å². The van der Waals surface area contributed by atoms with Crippen LogP contribution in [0.15, 0.2) is 104 Å². The van der Waals surface area contributed by atoms with Crippen molar-refractivity contribution in [2.45, 2.75) is 55.6 Å². The van der Waals surface area contributed by atoms with Crippen molar-refractivity contribution in [3.8, 4) is 0 Å². The maximum Gasteiger partial charge on any atom is 0.138 e. The summed E-state index contributed by atoms with van der Waals surface area (Å²) >= 11 is 0. The molecule has 0 amide bonds. The minimum absolute atomic E-state index is 0.121. The SMILES string of the molecule is C=CCO[C@H]1[C@@H]2O[C@@H]2[C@@](COCc2ccccc2)(OCC)[C@@H]1N[C@H](c1ccccc1)[C@@H](O)c1ccccc1. The first kappa shape index (κ1) is 26.8. The van der Waals surface area contributed by atoms with E-state index in [9.17, 15) is 5.11 Å². The van der Waals surface area contributed by atoms with Crippen LogP contribution in [0.3, 0.4) is 0 Å². The molecule has 200 valence electrons. The Kier molecular flexibility index (Phi) is 8.69. The lowest BCUT2D eigenvalue weighted by molar-refractivity contribution is -0.153. The molecule has 7 atom stereocenters. The topological polar surface area (TPSA) is 72.5 Å². The van der Waals surface area contributed by atoms with Crippen LogP contribution in [0, 0.1) is 0 Å². The lowest BCUT2D eigenvalue weighted by Crippen LogP contribution is -2.61. The van der Waals surface area contributed by atoms with Crippen molar-refractivity contribution in [3.05, 3.63) is 120 Å². The van der Waals surface area contributed by atoms with E-state index in [0.717, 1.165) is 16.7 Å². The zero-order valence-corrected chi connectivity index (χ0v) is 21.8. The molecular weight excluding hydrogens is 478 g/mol. The maximum atomic E-state index is 11.6. The zero-order chi connectivity index (χ0) is 26.4. The summed E-state index contributed by atoms with van der Waals surface area (Å²) < 4.78 is 25.2. The molecule has 2 aliphatic rings. The third-order valence-corrected chi connectivity index (χ3v) is 7.42. The Bertz CT molecular complexity index is 1140. The molecule has 1 aliphatic heterocycles. The first-order valence-corrected chi connectivity index (χ1v) is 13.4. The van der Waals surface area contributed by atoms with E-state index >= 15 is 0 Å². The van der Waals surface area contributed by atoms with E-state index in [4.69, 9.17) is 18.9 Å². The van der Waals surface area contributed by atoms with Crippen molar-refractivity contribution in [1.29, 1.82) is 0 Å². The van der Waals surface area contributed by atoms with E-state index in [1.54, 1.807) is 6.08 Å². The quantitative estimate of drug-likeness (QED) is 0.238. The van der Waals surface area contributed by atoms with Crippen LogP contribution in [0.25, 0.3) is 0 Å². The highest BCUT2D eigenvalue weighted by Crippen LogP contribution is 2.51. The highest BCUT2D eigenvalue weighted by atomic mass is 16.7. The number of aliphatic hydroxyl groups is 1. The van der Waals surface area contributed by atoms with Gasteiger partial charge in [-0.05, 0) is 23.6 Å². The molecular formula is C32H37NO5. The molecule has 0 bridgehead atoms. The van der Waals surface area contributed by atoms with Gasteiger partial charge >= 0.3 is 0 Å². The molecule has 0 radical (unpaired) electrons. The first-order valence-electron chi connectivity index (χ1n) is 13.4. The normalized spacial score (nSPS) is 27.4. The average Bonchev–Trinajstić information content (AvgIpc) is 3.73. The van der Waals surface area contributed by atoms with E-state index < -0.39 is 17.7 Å². The van der Waals surface area contributed by atoms with Crippen LogP contribution in [0.1, 0.15) is 35.8 Å². The Morgan fingerprint density at radius 3 is 2.24 bits per heavy atom. The predicted molar refractivity (Wildman–Crippen MR) is 147 cm³/mol. The number of benzene rings is 3. The molecule has 0 unspecified atom stereocenters. The van der Waals surface area contributed by atoms with E-state index in [0.29, 0.717) is 26.4 Å². The van der Waals surface area contributed by atoms with Gasteiger partial charge in [-0.15, -0.1) is 6.58 Å². The van der Waals surface area contributed by atoms with E-state index in [2.05, 4.69) is 11.9 Å². The summed E-state index contributed by atoms with van der Waals surface area (Å²) in [6.07, 6.45) is 0.370. The zero-order valence-electron chi connectivity index (χ0n) is 21.8. The average molecular weight is 516 g/mol. The second kappa shape index (κ2) is 12.3. The third kappa shape index (κ3) is 5.61. The highest BCUT2D eigenvalue weighted by Gasteiger charge is 2.72. The van der Waals surface area contributed by atoms with Crippen molar-refractivity contribution >= 4 is 0 Å². The number of fused-ring (bicyclic) bond motifs is 1. The van der Waals surface area contributed by atoms with Crippen LogP contribution < -0.4 is 5.32 Å². The minimum atomic E-state index is -0.791. The molecule has 5 rings (SSSR count). The predicted octanol–water partition coefficient (Wildman–Crippen LogP) is 4.76. The number of hydrogen-bond acceptors (Lipinski definition) is 6. The Balaban J connectivity index is 1.47. The Hall–Kier alpha value is -2.84. The van der Waals surface area contributed by atoms with Gasteiger partial charge < -0.3 is 24.1 Å². The molecule has 1 saturated carbocycles. The van der Waals surface area contributed by atoms with Gasteiger partial charge in [-0.25, -0.2) is 0 Å². The standard InChI is InChI=1S/C32H37NO5/c1-3-20-36-28-29-31(38-29)32(37-4-2,22-35-21-23-14-8-5-9-15-23)30(28)33-26(24-16-10-6-11-17-24)27(34)25-18-12-7-13-19-25/h3,5-19,26-31,33-34H,1,4,20-22H2,2H3/t26-,27+,28+,29+,30-,31+,32+/m1/s1. The second-order valence-corrected chi connectivity index (χ2v) is 9.86. The maximum absolute atomic E-state index is 11.6. The van der Waals surface area contributed by atoms with Crippen LogP contribution in [0.2, 0.25) is 0 Å². The van der Waals surface area contributed by atoms with Crippen molar-refractivity contribution in [3.63, 3.8) is 0 Å². The summed E-state index contributed by atoms with van der Waals surface area (Å²) in [6, 6.07) is 29.1. The highest BCUT2D eigenvalue weighted by molar-refractivity contribution is 5.29. The third-order valence-electron chi connectivity index (χ3n) is 7.42. The lowest BCUT2D eigenvalue weighted by atomic mass is 9.90. The number of nitrogens with one attached hydrogen (secondary N) is 1. The molecule has 3 aromatic rings. The Labute approximate surface area is 225 Å². The largest absolute Gasteiger partial charge is 0.386 e. The summed E-state index contributed by atoms with van der Waals surface area (Å²) in [6.45, 7) is 7.49. The number of epoxide rings is 1. The molecule has 0 spiro atoms. The summed E-state index contributed by atoms with van der Waals surface area (Å²) in [7, 11) is 0. The van der Waals surface area contributed by atoms with E-state index in [1.165, 1.54) is 0 Å². The molecule has 6 heteroatoms. The fourth-order valence-electron chi connectivity index (χ4n) is 5.64. The van der Waals surface area contributed by atoms with Crippen molar-refractivity contribution < 1.29 is 24.1 Å². The van der Waals surface area contributed by atoms with Crippen molar-refractivity contribution in [2.75, 3.05) is 19.8 Å². The molecule has 0 aromatic heterocycles. The Morgan fingerprint density at radius 2 is 1.61 bits per heavy atom. The molecule has 1 heterocycles. The first-order chi connectivity index (χ1) is 18.7. The molecule has 2 N–H and O–H groups in total. The van der Waals surface area contributed by atoms with Gasteiger partial charge in [-0.2, -0.15) is 0 Å². The molecule has 3 aromatic carbocycles. The van der Waals surface area contributed by atoms with Gasteiger partial charge in [0.2, 0.25) is 0 Å². The summed E-state index contributed by atoms with van der Waals surface area (Å²) in [5.41, 5.74) is 2.11. The Morgan fingerprint density at radius 1 is 0.974 bits per heavy atom. The summed E-state index contributed by atoms with van der Waals surface area (Å²) in [5, 5.41) is 15.4. The van der Waals surface area contributed by atoms with Crippen molar-refractivity contribution in [2.24, 2.45) is 0 Å². The van der Waals surface area contributed by atoms with Gasteiger partial charge in [0.15, 0.2) is 0 Å². The number of ether oxygens (including phenoxy) is 4. The lowest BCUT2D eigenvalue weighted by Gasteiger charge is -2.42. The van der Waals surface area contributed by atoms with Crippen molar-refractivity contribution in [1.82, 2.24) is 5.32 Å². The van der Waals surface area contributed by atoms with Gasteiger partial charge in [0, 0.05) is 6.61 Å².